The van der Waals surface area contributed by atoms with Gasteiger partial charge in [0.2, 0.25) is 0 Å². The highest BCUT2D eigenvalue weighted by Crippen LogP contribution is 2.24. The molecule has 78 valence electrons. The summed E-state index contributed by atoms with van der Waals surface area (Å²) in [4.78, 5) is 5.04. The molecule has 0 radical (unpaired) electrons. The van der Waals surface area contributed by atoms with Gasteiger partial charge in [0.05, 0.1) is 6.61 Å². The molecule has 0 fully saturated rings. The quantitative estimate of drug-likeness (QED) is 0.722. The molecule has 0 aliphatic rings. The lowest BCUT2D eigenvalue weighted by Crippen LogP contribution is -2.34. The average Bonchev–Trinajstić information content (AvgIpc) is 2.26. The molecular weight excluding hydrogens is 196 g/mol. The fourth-order valence-electron chi connectivity index (χ4n) is 1.11. The summed E-state index contributed by atoms with van der Waals surface area (Å²) in [5, 5.41) is 9.24. The lowest BCUT2D eigenvalue weighted by Gasteiger charge is -2.19. The van der Waals surface area contributed by atoms with Crippen LogP contribution in [-0.2, 0) is 0 Å². The third-order valence-corrected chi connectivity index (χ3v) is 3.41. The number of aliphatic hydroxyl groups is 1. The van der Waals surface area contributed by atoms with Gasteiger partial charge in [-0.2, -0.15) is 0 Å². The molecule has 0 aliphatic heterocycles. The summed E-state index contributed by atoms with van der Waals surface area (Å²) in [6.45, 7) is 2.14. The second-order valence-electron chi connectivity index (χ2n) is 3.09. The summed E-state index contributed by atoms with van der Waals surface area (Å²) in [6.07, 6.45) is 4.37. The van der Waals surface area contributed by atoms with Crippen LogP contribution in [-0.4, -0.2) is 28.0 Å². The Labute approximate surface area is 88.7 Å². The lowest BCUT2D eigenvalue weighted by atomic mass is 10.2. The summed E-state index contributed by atoms with van der Waals surface area (Å²) in [5.41, 5.74) is 5.88. The summed E-state index contributed by atoms with van der Waals surface area (Å²) in [7, 11) is 0. The van der Waals surface area contributed by atoms with Crippen LogP contribution in [0, 0.1) is 0 Å². The molecule has 1 aromatic rings. The van der Waals surface area contributed by atoms with Gasteiger partial charge in [0, 0.05) is 28.6 Å². The van der Waals surface area contributed by atoms with Gasteiger partial charge in [0.1, 0.15) is 0 Å². The zero-order valence-electron chi connectivity index (χ0n) is 8.26. The zero-order valence-corrected chi connectivity index (χ0v) is 9.07. The number of thioether (sulfide) groups is 1. The van der Waals surface area contributed by atoms with Crippen LogP contribution in [0.15, 0.2) is 29.4 Å². The van der Waals surface area contributed by atoms with Crippen molar-refractivity contribution in [3.63, 3.8) is 0 Å². The van der Waals surface area contributed by atoms with Crippen LogP contribution < -0.4 is 5.73 Å². The van der Waals surface area contributed by atoms with E-state index in [2.05, 4.69) is 4.98 Å². The molecule has 1 aromatic heterocycles. The van der Waals surface area contributed by atoms with E-state index in [4.69, 9.17) is 5.73 Å². The lowest BCUT2D eigenvalue weighted by molar-refractivity contribution is 0.281. The van der Waals surface area contributed by atoms with E-state index < -0.39 is 0 Å². The standard InChI is InChI=1S/C10H16N2OS/c1-2-9(11)10(7-13)14-8-3-5-12-6-4-8/h3-6,9-10,13H,2,7,11H2,1H3. The molecule has 3 nitrogen and oxygen atoms in total. The van der Waals surface area contributed by atoms with Gasteiger partial charge in [-0.3, -0.25) is 4.98 Å². The fraction of sp³-hybridized carbons (Fsp3) is 0.500. The Morgan fingerprint density at radius 1 is 1.50 bits per heavy atom. The fourth-order valence-corrected chi connectivity index (χ4v) is 2.18. The highest BCUT2D eigenvalue weighted by molar-refractivity contribution is 8.00. The Balaban J connectivity index is 2.57. The molecule has 1 heterocycles. The molecule has 0 spiro atoms. The summed E-state index contributed by atoms with van der Waals surface area (Å²) < 4.78 is 0. The average molecular weight is 212 g/mol. The molecule has 0 bridgehead atoms. The molecule has 2 unspecified atom stereocenters. The van der Waals surface area contributed by atoms with Gasteiger partial charge in [0.25, 0.3) is 0 Å². The molecule has 0 amide bonds. The monoisotopic (exact) mass is 212 g/mol. The van der Waals surface area contributed by atoms with Crippen LogP contribution in [0.3, 0.4) is 0 Å². The van der Waals surface area contributed by atoms with E-state index in [0.29, 0.717) is 0 Å². The second-order valence-corrected chi connectivity index (χ2v) is 4.41. The molecule has 2 atom stereocenters. The van der Waals surface area contributed by atoms with E-state index in [9.17, 15) is 5.11 Å². The number of nitrogens with two attached hydrogens (primary N) is 1. The molecular formula is C10H16N2OS. The highest BCUT2D eigenvalue weighted by Gasteiger charge is 2.16. The van der Waals surface area contributed by atoms with Crippen molar-refractivity contribution in [2.45, 2.75) is 29.5 Å². The predicted molar refractivity (Wildman–Crippen MR) is 59.2 cm³/mol. The first-order chi connectivity index (χ1) is 6.77. The highest BCUT2D eigenvalue weighted by atomic mass is 32.2. The van der Waals surface area contributed by atoms with Crippen LogP contribution in [0.4, 0.5) is 0 Å². The van der Waals surface area contributed by atoms with Gasteiger partial charge >= 0.3 is 0 Å². The third-order valence-electron chi connectivity index (χ3n) is 2.07. The normalized spacial score (nSPS) is 15.1. The van der Waals surface area contributed by atoms with Gasteiger partial charge in [-0.05, 0) is 18.6 Å². The Morgan fingerprint density at radius 3 is 2.64 bits per heavy atom. The van der Waals surface area contributed by atoms with E-state index in [0.717, 1.165) is 11.3 Å². The molecule has 4 heteroatoms. The first-order valence-corrected chi connectivity index (χ1v) is 5.59. The summed E-state index contributed by atoms with van der Waals surface area (Å²) >= 11 is 1.61. The molecule has 0 saturated carbocycles. The van der Waals surface area contributed by atoms with E-state index in [-0.39, 0.29) is 17.9 Å². The molecule has 0 aliphatic carbocycles. The van der Waals surface area contributed by atoms with Crippen LogP contribution in [0.1, 0.15) is 13.3 Å². The van der Waals surface area contributed by atoms with E-state index in [1.54, 1.807) is 24.2 Å². The van der Waals surface area contributed by atoms with Gasteiger partial charge in [-0.1, -0.05) is 6.92 Å². The third kappa shape index (κ3) is 3.29. The van der Waals surface area contributed by atoms with Gasteiger partial charge in [-0.25, -0.2) is 0 Å². The first kappa shape index (κ1) is 11.5. The maximum atomic E-state index is 9.17. The molecule has 0 saturated heterocycles. The van der Waals surface area contributed by atoms with Gasteiger partial charge in [-0.15, -0.1) is 11.8 Å². The summed E-state index contributed by atoms with van der Waals surface area (Å²) in [6, 6.07) is 3.89. The number of pyridine rings is 1. The van der Waals surface area contributed by atoms with E-state index >= 15 is 0 Å². The number of hydrogen-bond donors (Lipinski definition) is 2. The minimum atomic E-state index is 0.0400. The van der Waals surface area contributed by atoms with Crippen LogP contribution >= 0.6 is 11.8 Å². The molecule has 14 heavy (non-hydrogen) atoms. The SMILES string of the molecule is CCC(N)C(CO)Sc1ccncc1. The number of aromatic nitrogens is 1. The zero-order chi connectivity index (χ0) is 10.4. The maximum absolute atomic E-state index is 9.17. The molecule has 1 rings (SSSR count). The van der Waals surface area contributed by atoms with E-state index in [1.165, 1.54) is 0 Å². The number of rotatable bonds is 5. The number of aliphatic hydroxyl groups excluding tert-OH is 1. The van der Waals surface area contributed by atoms with Crippen molar-refractivity contribution in [2.24, 2.45) is 5.73 Å². The van der Waals surface area contributed by atoms with Crippen LogP contribution in [0.2, 0.25) is 0 Å². The Morgan fingerprint density at radius 2 is 2.14 bits per heavy atom. The minimum Gasteiger partial charge on any atom is -0.395 e. The predicted octanol–water partition coefficient (Wildman–Crippen LogP) is 1.27. The van der Waals surface area contributed by atoms with Crippen molar-refractivity contribution in [3.8, 4) is 0 Å². The second kappa shape index (κ2) is 6.01. The number of hydrogen-bond acceptors (Lipinski definition) is 4. The van der Waals surface area contributed by atoms with Gasteiger partial charge in [0.15, 0.2) is 0 Å². The Hall–Kier alpha value is -0.580. The van der Waals surface area contributed by atoms with Crippen LogP contribution in [0.5, 0.6) is 0 Å². The van der Waals surface area contributed by atoms with E-state index in [1.807, 2.05) is 19.1 Å². The largest absolute Gasteiger partial charge is 0.395 e. The topological polar surface area (TPSA) is 59.1 Å². The Kier molecular flexibility index (Phi) is 4.93. The Bertz CT molecular complexity index is 256. The van der Waals surface area contributed by atoms with Crippen molar-refractivity contribution in [1.29, 1.82) is 0 Å². The molecule has 3 N–H and O–H groups in total. The van der Waals surface area contributed by atoms with Gasteiger partial charge < -0.3 is 10.8 Å². The molecule has 0 aromatic carbocycles. The van der Waals surface area contributed by atoms with Crippen molar-refractivity contribution in [3.05, 3.63) is 24.5 Å². The van der Waals surface area contributed by atoms with Crippen molar-refractivity contribution in [2.75, 3.05) is 6.61 Å². The number of nitrogens with zero attached hydrogens (tertiary/aromatic N) is 1. The van der Waals surface area contributed by atoms with Crippen LogP contribution in [0.25, 0.3) is 0 Å². The van der Waals surface area contributed by atoms with Crippen molar-refractivity contribution < 1.29 is 5.11 Å². The van der Waals surface area contributed by atoms with Crippen molar-refractivity contribution in [1.82, 2.24) is 4.98 Å². The maximum Gasteiger partial charge on any atom is 0.0568 e. The smallest absolute Gasteiger partial charge is 0.0568 e. The minimum absolute atomic E-state index is 0.0400. The summed E-state index contributed by atoms with van der Waals surface area (Å²) in [5.74, 6) is 0. The first-order valence-electron chi connectivity index (χ1n) is 4.71. The van der Waals surface area contributed by atoms with Crippen molar-refractivity contribution >= 4 is 11.8 Å².